The maximum Gasteiger partial charge on any atom is 0.338 e. The van der Waals surface area contributed by atoms with Crippen molar-refractivity contribution in [1.29, 1.82) is 0 Å². The molecule has 0 radical (unpaired) electrons. The third-order valence-electron chi connectivity index (χ3n) is 4.37. The monoisotopic (exact) mass is 338 g/mol. The summed E-state index contributed by atoms with van der Waals surface area (Å²) in [5.74, 6) is -0.607. The summed E-state index contributed by atoms with van der Waals surface area (Å²) in [6, 6.07) is 17.3. The van der Waals surface area contributed by atoms with Gasteiger partial charge >= 0.3 is 5.97 Å². The normalized spacial score (nSPS) is 14.3. The minimum absolute atomic E-state index is 0.145. The fraction of sp³-hybridized carbons (Fsp3) is 0.300. The molecule has 2 aromatic rings. The molecule has 0 aromatic heterocycles. The summed E-state index contributed by atoms with van der Waals surface area (Å²) in [6.07, 6.45) is 0. The lowest BCUT2D eigenvalue weighted by atomic mass is 10.1. The number of hydrogen-bond donors (Lipinski definition) is 0. The number of amides is 1. The number of carbonyl (C=O) groups excluding carboxylic acids is 2. The molecule has 1 heterocycles. The van der Waals surface area contributed by atoms with E-state index < -0.39 is 5.97 Å². The number of esters is 1. The topological polar surface area (TPSA) is 49.9 Å². The first-order valence-electron chi connectivity index (χ1n) is 8.45. The molecule has 1 aliphatic heterocycles. The summed E-state index contributed by atoms with van der Waals surface area (Å²) in [6.45, 7) is 4.57. The van der Waals surface area contributed by atoms with Crippen LogP contribution in [0.25, 0.3) is 0 Å². The molecule has 1 saturated heterocycles. The smallest absolute Gasteiger partial charge is 0.338 e. The molecule has 0 N–H and O–H groups in total. The average molecular weight is 338 g/mol. The van der Waals surface area contributed by atoms with E-state index in [9.17, 15) is 9.59 Å². The minimum Gasteiger partial charge on any atom is -0.452 e. The largest absolute Gasteiger partial charge is 0.452 e. The van der Waals surface area contributed by atoms with Gasteiger partial charge in [0.2, 0.25) is 0 Å². The summed E-state index contributed by atoms with van der Waals surface area (Å²) >= 11 is 0. The third-order valence-corrected chi connectivity index (χ3v) is 4.37. The molecule has 0 spiro atoms. The number of carbonyl (C=O) groups is 2. The number of benzene rings is 2. The first kappa shape index (κ1) is 17.0. The van der Waals surface area contributed by atoms with Crippen molar-refractivity contribution >= 4 is 17.6 Å². The lowest BCUT2D eigenvalue weighted by molar-refractivity contribution is -0.134. The van der Waals surface area contributed by atoms with E-state index in [1.54, 1.807) is 17.0 Å². The molecule has 130 valence electrons. The Morgan fingerprint density at radius 3 is 2.20 bits per heavy atom. The van der Waals surface area contributed by atoms with E-state index in [-0.39, 0.29) is 12.5 Å². The Morgan fingerprint density at radius 2 is 1.56 bits per heavy atom. The van der Waals surface area contributed by atoms with E-state index in [4.69, 9.17) is 4.74 Å². The van der Waals surface area contributed by atoms with Crippen molar-refractivity contribution < 1.29 is 14.3 Å². The maximum atomic E-state index is 12.3. The van der Waals surface area contributed by atoms with Gasteiger partial charge in [-0.05, 0) is 31.2 Å². The van der Waals surface area contributed by atoms with Crippen LogP contribution in [0.15, 0.2) is 54.6 Å². The molecule has 3 rings (SSSR count). The molecule has 1 aliphatic rings. The van der Waals surface area contributed by atoms with Crippen LogP contribution in [0, 0.1) is 6.92 Å². The first-order valence-corrected chi connectivity index (χ1v) is 8.45. The number of piperazine rings is 1. The molecule has 25 heavy (non-hydrogen) atoms. The number of hydrogen-bond acceptors (Lipinski definition) is 4. The van der Waals surface area contributed by atoms with Crippen LogP contribution in [0.1, 0.15) is 15.9 Å². The van der Waals surface area contributed by atoms with Crippen molar-refractivity contribution in [1.82, 2.24) is 4.90 Å². The molecule has 0 saturated carbocycles. The molecular formula is C20H22N2O3. The fourth-order valence-electron chi connectivity index (χ4n) is 2.84. The van der Waals surface area contributed by atoms with Gasteiger partial charge in [-0.25, -0.2) is 4.79 Å². The molecule has 2 aromatic carbocycles. The van der Waals surface area contributed by atoms with Gasteiger partial charge in [0.25, 0.3) is 5.91 Å². The van der Waals surface area contributed by atoms with Crippen molar-refractivity contribution in [3.63, 3.8) is 0 Å². The molecular weight excluding hydrogens is 316 g/mol. The van der Waals surface area contributed by atoms with Gasteiger partial charge in [0.05, 0.1) is 5.56 Å². The highest BCUT2D eigenvalue weighted by Gasteiger charge is 2.22. The lowest BCUT2D eigenvalue weighted by Gasteiger charge is -2.36. The van der Waals surface area contributed by atoms with Crippen LogP contribution in [-0.4, -0.2) is 49.6 Å². The first-order chi connectivity index (χ1) is 12.1. The highest BCUT2D eigenvalue weighted by atomic mass is 16.5. The number of anilines is 1. The Labute approximate surface area is 147 Å². The summed E-state index contributed by atoms with van der Waals surface area (Å²) in [7, 11) is 0. The summed E-state index contributed by atoms with van der Waals surface area (Å²) in [4.78, 5) is 28.2. The van der Waals surface area contributed by atoms with Gasteiger partial charge < -0.3 is 14.5 Å². The van der Waals surface area contributed by atoms with Crippen LogP contribution >= 0.6 is 0 Å². The van der Waals surface area contributed by atoms with E-state index in [0.717, 1.165) is 18.7 Å². The Balaban J connectivity index is 1.46. The Morgan fingerprint density at radius 1 is 0.920 bits per heavy atom. The van der Waals surface area contributed by atoms with Crippen LogP contribution < -0.4 is 4.90 Å². The molecule has 1 fully saturated rings. The lowest BCUT2D eigenvalue weighted by Crippen LogP contribution is -2.49. The zero-order chi connectivity index (χ0) is 17.6. The highest BCUT2D eigenvalue weighted by Crippen LogP contribution is 2.15. The van der Waals surface area contributed by atoms with Gasteiger partial charge in [-0.2, -0.15) is 0 Å². The van der Waals surface area contributed by atoms with Crippen molar-refractivity contribution in [3.05, 3.63) is 65.7 Å². The molecule has 5 nitrogen and oxygen atoms in total. The van der Waals surface area contributed by atoms with Gasteiger partial charge in [-0.15, -0.1) is 0 Å². The van der Waals surface area contributed by atoms with Crippen LogP contribution in [0.5, 0.6) is 0 Å². The van der Waals surface area contributed by atoms with Crippen molar-refractivity contribution in [2.45, 2.75) is 6.92 Å². The number of nitrogens with zero attached hydrogens (tertiary/aromatic N) is 2. The van der Waals surface area contributed by atoms with E-state index in [0.29, 0.717) is 18.7 Å². The highest BCUT2D eigenvalue weighted by molar-refractivity contribution is 5.91. The van der Waals surface area contributed by atoms with Crippen molar-refractivity contribution in [2.75, 3.05) is 37.7 Å². The summed E-state index contributed by atoms with van der Waals surface area (Å²) in [5.41, 5.74) is 2.71. The van der Waals surface area contributed by atoms with Gasteiger partial charge in [-0.1, -0.05) is 35.9 Å². The molecule has 0 bridgehead atoms. The molecule has 1 amide bonds. The molecule has 0 atom stereocenters. The zero-order valence-electron chi connectivity index (χ0n) is 14.4. The second kappa shape index (κ2) is 7.83. The summed E-state index contributed by atoms with van der Waals surface area (Å²) < 4.78 is 5.15. The average Bonchev–Trinajstić information content (AvgIpc) is 2.67. The number of aryl methyl sites for hydroxylation is 1. The second-order valence-corrected chi connectivity index (χ2v) is 6.15. The SMILES string of the molecule is Cc1ccc(C(=O)OCC(=O)N2CCN(c3ccccc3)CC2)cc1. The van der Waals surface area contributed by atoms with E-state index in [1.807, 2.05) is 37.3 Å². The molecule has 0 unspecified atom stereocenters. The predicted octanol–water partition coefficient (Wildman–Crippen LogP) is 2.50. The van der Waals surface area contributed by atoms with Crippen LogP contribution in [0.2, 0.25) is 0 Å². The van der Waals surface area contributed by atoms with Crippen molar-refractivity contribution in [3.8, 4) is 0 Å². The fourth-order valence-corrected chi connectivity index (χ4v) is 2.84. The number of para-hydroxylation sites is 1. The molecule has 0 aliphatic carbocycles. The van der Waals surface area contributed by atoms with Gasteiger partial charge in [0.15, 0.2) is 6.61 Å². The second-order valence-electron chi connectivity index (χ2n) is 6.15. The van der Waals surface area contributed by atoms with E-state index in [2.05, 4.69) is 17.0 Å². The zero-order valence-corrected chi connectivity index (χ0v) is 14.4. The van der Waals surface area contributed by atoms with Gasteiger partial charge in [0.1, 0.15) is 0 Å². The number of rotatable bonds is 4. The number of ether oxygens (including phenoxy) is 1. The van der Waals surface area contributed by atoms with Crippen LogP contribution in [0.3, 0.4) is 0 Å². The third kappa shape index (κ3) is 4.38. The quantitative estimate of drug-likeness (QED) is 0.804. The minimum atomic E-state index is -0.462. The Bertz CT molecular complexity index is 720. The summed E-state index contributed by atoms with van der Waals surface area (Å²) in [5, 5.41) is 0. The molecule has 5 heteroatoms. The Hall–Kier alpha value is -2.82. The van der Waals surface area contributed by atoms with Crippen LogP contribution in [0.4, 0.5) is 5.69 Å². The van der Waals surface area contributed by atoms with Gasteiger partial charge in [0, 0.05) is 31.9 Å². The van der Waals surface area contributed by atoms with Crippen LogP contribution in [-0.2, 0) is 9.53 Å². The maximum absolute atomic E-state index is 12.3. The Kier molecular flexibility index (Phi) is 5.33. The van der Waals surface area contributed by atoms with Crippen molar-refractivity contribution in [2.24, 2.45) is 0 Å². The predicted molar refractivity (Wildman–Crippen MR) is 96.7 cm³/mol. The van der Waals surface area contributed by atoms with E-state index in [1.165, 1.54) is 5.69 Å². The standard InChI is InChI=1S/C20H22N2O3/c1-16-7-9-17(10-8-16)20(24)25-15-19(23)22-13-11-21(12-14-22)18-5-3-2-4-6-18/h2-10H,11-15H2,1H3. The van der Waals surface area contributed by atoms with Gasteiger partial charge in [-0.3, -0.25) is 4.79 Å². The van der Waals surface area contributed by atoms with E-state index >= 15 is 0 Å².